The highest BCUT2D eigenvalue weighted by Crippen LogP contribution is 2.26. The van der Waals surface area contributed by atoms with E-state index < -0.39 is 5.97 Å². The van der Waals surface area contributed by atoms with Crippen molar-refractivity contribution in [1.29, 1.82) is 0 Å². The van der Waals surface area contributed by atoms with Gasteiger partial charge in [0.1, 0.15) is 0 Å². The van der Waals surface area contributed by atoms with E-state index in [4.69, 9.17) is 0 Å². The van der Waals surface area contributed by atoms with Gasteiger partial charge in [0.05, 0.1) is 11.3 Å². The van der Waals surface area contributed by atoms with Gasteiger partial charge in [-0.3, -0.25) is 0 Å². The lowest BCUT2D eigenvalue weighted by Gasteiger charge is -2.28. The van der Waals surface area contributed by atoms with Crippen molar-refractivity contribution in [2.75, 3.05) is 18.0 Å². The van der Waals surface area contributed by atoms with Crippen molar-refractivity contribution in [1.82, 2.24) is 0 Å². The van der Waals surface area contributed by atoms with Crippen LogP contribution < -0.4 is 4.90 Å². The number of carbonyl (C=O) groups is 1. The predicted molar refractivity (Wildman–Crippen MR) is 83.1 cm³/mol. The number of hydrogen-bond acceptors (Lipinski definition) is 2. The second-order valence-corrected chi connectivity index (χ2v) is 5.60. The van der Waals surface area contributed by atoms with Gasteiger partial charge in [-0.05, 0) is 31.0 Å². The highest BCUT2D eigenvalue weighted by atomic mass is 79.9. The maximum atomic E-state index is 11.4. The summed E-state index contributed by atoms with van der Waals surface area (Å²) in [4.78, 5) is 13.5. The van der Waals surface area contributed by atoms with Crippen LogP contribution in [-0.2, 0) is 0 Å². The molecule has 4 heteroatoms. The molecule has 0 fully saturated rings. The molecule has 0 aromatic heterocycles. The van der Waals surface area contributed by atoms with Gasteiger partial charge < -0.3 is 10.0 Å². The van der Waals surface area contributed by atoms with Crippen molar-refractivity contribution in [2.24, 2.45) is 5.92 Å². The minimum absolute atomic E-state index is 0.363. The van der Waals surface area contributed by atoms with Gasteiger partial charge in [-0.1, -0.05) is 42.6 Å². The number of rotatable bonds is 7. The molecule has 0 aliphatic heterocycles. The van der Waals surface area contributed by atoms with E-state index in [1.54, 1.807) is 6.07 Å². The first-order valence-corrected chi connectivity index (χ1v) is 7.60. The second-order valence-electron chi connectivity index (χ2n) is 4.69. The molecule has 0 saturated carbocycles. The fourth-order valence-corrected chi connectivity index (χ4v) is 2.57. The lowest BCUT2D eigenvalue weighted by atomic mass is 10.0. The number of aromatic carboxylic acids is 1. The van der Waals surface area contributed by atoms with Gasteiger partial charge in [0.25, 0.3) is 0 Å². The van der Waals surface area contributed by atoms with Crippen LogP contribution in [0.4, 0.5) is 5.69 Å². The van der Waals surface area contributed by atoms with Crippen LogP contribution in [0.5, 0.6) is 0 Å². The Hall–Kier alpha value is -1.03. The fourth-order valence-electron chi connectivity index (χ4n) is 2.21. The fraction of sp³-hybridized carbons (Fsp3) is 0.533. The van der Waals surface area contributed by atoms with E-state index in [-0.39, 0.29) is 0 Å². The quantitative estimate of drug-likeness (QED) is 0.806. The minimum Gasteiger partial charge on any atom is -0.478 e. The number of carboxylic acid groups (broad SMARTS) is 1. The second kappa shape index (κ2) is 7.53. The molecular formula is C15H22BrNO2. The third-order valence-corrected chi connectivity index (χ3v) is 4.04. The normalized spacial score (nSPS) is 10.8. The van der Waals surface area contributed by atoms with E-state index in [0.29, 0.717) is 11.5 Å². The monoisotopic (exact) mass is 327 g/mol. The van der Waals surface area contributed by atoms with E-state index >= 15 is 0 Å². The zero-order valence-electron chi connectivity index (χ0n) is 11.8. The highest BCUT2D eigenvalue weighted by Gasteiger charge is 2.17. The lowest BCUT2D eigenvalue weighted by Crippen LogP contribution is -2.30. The van der Waals surface area contributed by atoms with E-state index in [1.165, 1.54) is 0 Å². The summed E-state index contributed by atoms with van der Waals surface area (Å²) in [6, 6.07) is 5.46. The first-order chi connectivity index (χ1) is 9.03. The molecule has 19 heavy (non-hydrogen) atoms. The maximum absolute atomic E-state index is 11.4. The Labute approximate surface area is 123 Å². The Balaban J connectivity index is 3.07. The predicted octanol–water partition coefficient (Wildman–Crippen LogP) is 4.41. The Morgan fingerprint density at radius 1 is 1.32 bits per heavy atom. The molecular weight excluding hydrogens is 306 g/mol. The Morgan fingerprint density at radius 2 is 1.95 bits per heavy atom. The molecule has 0 amide bonds. The molecule has 1 rings (SSSR count). The number of nitrogens with zero attached hydrogens (tertiary/aromatic N) is 1. The molecule has 0 heterocycles. The molecule has 1 aromatic rings. The molecule has 0 unspecified atom stereocenters. The van der Waals surface area contributed by atoms with Crippen molar-refractivity contribution in [3.63, 3.8) is 0 Å². The van der Waals surface area contributed by atoms with E-state index in [1.807, 2.05) is 12.1 Å². The van der Waals surface area contributed by atoms with Gasteiger partial charge in [0, 0.05) is 17.6 Å². The van der Waals surface area contributed by atoms with Crippen molar-refractivity contribution in [3.05, 3.63) is 28.2 Å². The van der Waals surface area contributed by atoms with Crippen LogP contribution in [0.2, 0.25) is 0 Å². The summed E-state index contributed by atoms with van der Waals surface area (Å²) < 4.78 is 0.798. The van der Waals surface area contributed by atoms with Crippen LogP contribution in [-0.4, -0.2) is 24.2 Å². The summed E-state index contributed by atoms with van der Waals surface area (Å²) >= 11 is 3.33. The maximum Gasteiger partial charge on any atom is 0.337 e. The molecule has 0 spiro atoms. The first kappa shape index (κ1) is 16.0. The summed E-state index contributed by atoms with van der Waals surface area (Å²) in [6.07, 6.45) is 2.23. The molecule has 0 bridgehead atoms. The SMILES string of the molecule is CCC(CC)CN(CC)c1ccc(Br)cc1C(=O)O. The number of anilines is 1. The first-order valence-electron chi connectivity index (χ1n) is 6.81. The standard InChI is InChI=1S/C15H22BrNO2/c1-4-11(5-2)10-17(6-3)14-8-7-12(16)9-13(14)15(18)19/h7-9,11H,4-6,10H2,1-3H3,(H,18,19). The number of benzene rings is 1. The van der Waals surface area contributed by atoms with Crippen LogP contribution in [0.25, 0.3) is 0 Å². The van der Waals surface area contributed by atoms with Gasteiger partial charge in [0.15, 0.2) is 0 Å². The van der Waals surface area contributed by atoms with Gasteiger partial charge in [-0.2, -0.15) is 0 Å². The van der Waals surface area contributed by atoms with Crippen LogP contribution in [0.15, 0.2) is 22.7 Å². The van der Waals surface area contributed by atoms with E-state index in [9.17, 15) is 9.90 Å². The summed E-state index contributed by atoms with van der Waals surface area (Å²) in [5.74, 6) is -0.274. The molecule has 1 N–H and O–H groups in total. The third kappa shape index (κ3) is 4.23. The van der Waals surface area contributed by atoms with Gasteiger partial charge in [-0.15, -0.1) is 0 Å². The average Bonchev–Trinajstić information content (AvgIpc) is 2.40. The molecule has 0 saturated heterocycles. The topological polar surface area (TPSA) is 40.5 Å². The largest absolute Gasteiger partial charge is 0.478 e. The minimum atomic E-state index is -0.876. The summed E-state index contributed by atoms with van der Waals surface area (Å²) in [5, 5.41) is 9.34. The Morgan fingerprint density at radius 3 is 2.42 bits per heavy atom. The molecule has 0 aliphatic carbocycles. The highest BCUT2D eigenvalue weighted by molar-refractivity contribution is 9.10. The lowest BCUT2D eigenvalue weighted by molar-refractivity contribution is 0.0697. The smallest absolute Gasteiger partial charge is 0.337 e. The zero-order valence-corrected chi connectivity index (χ0v) is 13.4. The third-order valence-electron chi connectivity index (χ3n) is 3.54. The number of hydrogen-bond donors (Lipinski definition) is 1. The number of halogens is 1. The van der Waals surface area contributed by atoms with Crippen molar-refractivity contribution in [2.45, 2.75) is 33.6 Å². The number of carboxylic acids is 1. The summed E-state index contributed by atoms with van der Waals surface area (Å²) in [6.45, 7) is 8.16. The van der Waals surface area contributed by atoms with E-state index in [0.717, 1.165) is 36.1 Å². The van der Waals surface area contributed by atoms with Gasteiger partial charge in [-0.25, -0.2) is 4.79 Å². The Bertz CT molecular complexity index is 430. The van der Waals surface area contributed by atoms with Crippen LogP contribution >= 0.6 is 15.9 Å². The molecule has 0 aliphatic rings. The molecule has 1 aromatic carbocycles. The van der Waals surface area contributed by atoms with Crippen LogP contribution in [0.1, 0.15) is 44.0 Å². The van der Waals surface area contributed by atoms with Crippen LogP contribution in [0, 0.1) is 5.92 Å². The molecule has 3 nitrogen and oxygen atoms in total. The molecule has 106 valence electrons. The molecule has 0 radical (unpaired) electrons. The Kier molecular flexibility index (Phi) is 6.35. The zero-order chi connectivity index (χ0) is 14.4. The summed E-state index contributed by atoms with van der Waals surface area (Å²) in [5.41, 5.74) is 1.17. The van der Waals surface area contributed by atoms with Crippen LogP contribution in [0.3, 0.4) is 0 Å². The van der Waals surface area contributed by atoms with Crippen molar-refractivity contribution < 1.29 is 9.90 Å². The van der Waals surface area contributed by atoms with Gasteiger partial charge >= 0.3 is 5.97 Å². The van der Waals surface area contributed by atoms with Gasteiger partial charge in [0.2, 0.25) is 0 Å². The van der Waals surface area contributed by atoms with E-state index in [2.05, 4.69) is 41.6 Å². The average molecular weight is 328 g/mol. The van der Waals surface area contributed by atoms with Crippen molar-refractivity contribution in [3.8, 4) is 0 Å². The molecule has 0 atom stereocenters. The van der Waals surface area contributed by atoms with Crippen molar-refractivity contribution >= 4 is 27.6 Å². The summed E-state index contributed by atoms with van der Waals surface area (Å²) in [7, 11) is 0.